The first-order valence-corrected chi connectivity index (χ1v) is 6.10. The van der Waals surface area contributed by atoms with Gasteiger partial charge in [-0.05, 0) is 24.5 Å². The number of aromatic nitrogens is 2. The smallest absolute Gasteiger partial charge is 0.222 e. The molecule has 1 aromatic heterocycles. The van der Waals surface area contributed by atoms with Crippen LogP contribution in [0.4, 0.5) is 11.8 Å². The van der Waals surface area contributed by atoms with Crippen LogP contribution >= 0.6 is 0 Å². The van der Waals surface area contributed by atoms with E-state index in [0.29, 0.717) is 5.95 Å². The highest BCUT2D eigenvalue weighted by Gasteiger charge is 2.00. The zero-order chi connectivity index (χ0) is 13.0. The van der Waals surface area contributed by atoms with Gasteiger partial charge in [-0.3, -0.25) is 0 Å². The maximum Gasteiger partial charge on any atom is 0.222 e. The van der Waals surface area contributed by atoms with Crippen LogP contribution in [0.25, 0.3) is 0 Å². The standard InChI is InChI=1S/C14H18N4/c1-3-11-5-4-6-12(8-11)9-16-13-7-10(2)17-14(15)18-13/h4-8H,3,9H2,1-2H3,(H3,15,16,17,18). The summed E-state index contributed by atoms with van der Waals surface area (Å²) in [5.41, 5.74) is 9.06. The molecule has 2 aromatic rings. The van der Waals surface area contributed by atoms with Gasteiger partial charge < -0.3 is 11.1 Å². The maximum absolute atomic E-state index is 5.61. The molecule has 0 saturated carbocycles. The van der Waals surface area contributed by atoms with Gasteiger partial charge in [0.15, 0.2) is 0 Å². The minimum absolute atomic E-state index is 0.305. The second-order valence-corrected chi connectivity index (χ2v) is 4.28. The van der Waals surface area contributed by atoms with Gasteiger partial charge in [0.2, 0.25) is 5.95 Å². The Morgan fingerprint density at radius 2 is 1.94 bits per heavy atom. The third-order valence-electron chi connectivity index (χ3n) is 2.74. The first-order valence-electron chi connectivity index (χ1n) is 6.10. The number of hydrogen-bond donors (Lipinski definition) is 2. The molecular weight excluding hydrogens is 224 g/mol. The zero-order valence-corrected chi connectivity index (χ0v) is 10.8. The molecule has 3 N–H and O–H groups in total. The molecule has 1 aromatic carbocycles. The number of rotatable bonds is 4. The quantitative estimate of drug-likeness (QED) is 0.864. The number of aryl methyl sites for hydroxylation is 2. The van der Waals surface area contributed by atoms with Crippen LogP contribution < -0.4 is 11.1 Å². The Bertz CT molecular complexity index is 517. The van der Waals surface area contributed by atoms with Gasteiger partial charge in [-0.15, -0.1) is 0 Å². The lowest BCUT2D eigenvalue weighted by Crippen LogP contribution is -2.05. The second-order valence-electron chi connectivity index (χ2n) is 4.28. The van der Waals surface area contributed by atoms with E-state index in [1.54, 1.807) is 0 Å². The van der Waals surface area contributed by atoms with Crippen molar-refractivity contribution in [1.29, 1.82) is 0 Å². The van der Waals surface area contributed by atoms with Gasteiger partial charge in [0.25, 0.3) is 0 Å². The van der Waals surface area contributed by atoms with E-state index in [2.05, 4.69) is 46.5 Å². The fraction of sp³-hybridized carbons (Fsp3) is 0.286. The number of nitrogens with one attached hydrogen (secondary N) is 1. The lowest BCUT2D eigenvalue weighted by atomic mass is 10.1. The fourth-order valence-corrected chi connectivity index (χ4v) is 1.83. The topological polar surface area (TPSA) is 63.8 Å². The summed E-state index contributed by atoms with van der Waals surface area (Å²) in [6, 6.07) is 10.4. The minimum Gasteiger partial charge on any atom is -0.368 e. The van der Waals surface area contributed by atoms with Crippen molar-refractivity contribution in [2.45, 2.75) is 26.8 Å². The van der Waals surface area contributed by atoms with Crippen molar-refractivity contribution in [2.75, 3.05) is 11.1 Å². The number of benzene rings is 1. The third kappa shape index (κ3) is 3.20. The summed E-state index contributed by atoms with van der Waals surface area (Å²) in [4.78, 5) is 8.19. The molecule has 18 heavy (non-hydrogen) atoms. The van der Waals surface area contributed by atoms with Crippen LogP contribution in [0.15, 0.2) is 30.3 Å². The molecule has 0 aliphatic rings. The van der Waals surface area contributed by atoms with E-state index in [4.69, 9.17) is 5.73 Å². The molecule has 94 valence electrons. The summed E-state index contributed by atoms with van der Waals surface area (Å²) in [6.07, 6.45) is 1.05. The van der Waals surface area contributed by atoms with Crippen molar-refractivity contribution >= 4 is 11.8 Å². The molecule has 0 aliphatic carbocycles. The molecule has 0 fully saturated rings. The summed E-state index contributed by atoms with van der Waals surface area (Å²) in [5.74, 6) is 1.07. The number of hydrogen-bond acceptors (Lipinski definition) is 4. The SMILES string of the molecule is CCc1cccc(CNc2cc(C)nc(N)n2)c1. The largest absolute Gasteiger partial charge is 0.368 e. The Morgan fingerprint density at radius 1 is 1.17 bits per heavy atom. The Labute approximate surface area is 107 Å². The maximum atomic E-state index is 5.61. The van der Waals surface area contributed by atoms with Gasteiger partial charge in [-0.25, -0.2) is 4.98 Å². The summed E-state index contributed by atoms with van der Waals surface area (Å²) in [6.45, 7) is 4.80. The van der Waals surface area contributed by atoms with E-state index >= 15 is 0 Å². The van der Waals surface area contributed by atoms with E-state index in [1.807, 2.05) is 13.0 Å². The van der Waals surface area contributed by atoms with Crippen molar-refractivity contribution in [2.24, 2.45) is 0 Å². The van der Waals surface area contributed by atoms with Crippen LogP contribution in [0.3, 0.4) is 0 Å². The third-order valence-corrected chi connectivity index (χ3v) is 2.74. The molecule has 0 bridgehead atoms. The molecular formula is C14H18N4. The lowest BCUT2D eigenvalue weighted by Gasteiger charge is -2.08. The van der Waals surface area contributed by atoms with E-state index in [9.17, 15) is 0 Å². The molecule has 0 unspecified atom stereocenters. The van der Waals surface area contributed by atoms with E-state index in [0.717, 1.165) is 24.5 Å². The number of nitrogen functional groups attached to an aromatic ring is 1. The first kappa shape index (κ1) is 12.4. The van der Waals surface area contributed by atoms with Crippen molar-refractivity contribution in [3.63, 3.8) is 0 Å². The Morgan fingerprint density at radius 3 is 2.67 bits per heavy atom. The average Bonchev–Trinajstić information content (AvgIpc) is 2.35. The monoisotopic (exact) mass is 242 g/mol. The van der Waals surface area contributed by atoms with Gasteiger partial charge in [-0.2, -0.15) is 4.98 Å². The Hall–Kier alpha value is -2.10. The predicted molar refractivity (Wildman–Crippen MR) is 74.3 cm³/mol. The van der Waals surface area contributed by atoms with Crippen molar-refractivity contribution in [3.05, 3.63) is 47.2 Å². The Balaban J connectivity index is 2.06. The van der Waals surface area contributed by atoms with Gasteiger partial charge in [0.1, 0.15) is 5.82 Å². The zero-order valence-electron chi connectivity index (χ0n) is 10.8. The van der Waals surface area contributed by atoms with E-state index < -0.39 is 0 Å². The normalized spacial score (nSPS) is 10.3. The highest BCUT2D eigenvalue weighted by Crippen LogP contribution is 2.11. The molecule has 0 spiro atoms. The number of nitrogens with two attached hydrogens (primary N) is 1. The van der Waals surface area contributed by atoms with Gasteiger partial charge in [-0.1, -0.05) is 31.2 Å². The summed E-state index contributed by atoms with van der Waals surface area (Å²) >= 11 is 0. The highest BCUT2D eigenvalue weighted by atomic mass is 15.1. The number of anilines is 2. The summed E-state index contributed by atoms with van der Waals surface area (Å²) < 4.78 is 0. The summed E-state index contributed by atoms with van der Waals surface area (Å²) in [7, 11) is 0. The lowest BCUT2D eigenvalue weighted by molar-refractivity contribution is 1.05. The first-order chi connectivity index (χ1) is 8.67. The van der Waals surface area contributed by atoms with Crippen LogP contribution in [-0.4, -0.2) is 9.97 Å². The predicted octanol–water partition coefficient (Wildman–Crippen LogP) is 2.54. The molecule has 4 heteroatoms. The Kier molecular flexibility index (Phi) is 3.77. The van der Waals surface area contributed by atoms with E-state index in [-0.39, 0.29) is 0 Å². The van der Waals surface area contributed by atoms with Crippen molar-refractivity contribution in [1.82, 2.24) is 9.97 Å². The van der Waals surface area contributed by atoms with E-state index in [1.165, 1.54) is 11.1 Å². The molecule has 1 heterocycles. The second kappa shape index (κ2) is 5.49. The fourth-order valence-electron chi connectivity index (χ4n) is 1.83. The van der Waals surface area contributed by atoms with Crippen LogP contribution in [0, 0.1) is 6.92 Å². The number of nitrogens with zero attached hydrogens (tertiary/aromatic N) is 2. The highest BCUT2D eigenvalue weighted by molar-refractivity contribution is 5.41. The average molecular weight is 242 g/mol. The van der Waals surface area contributed by atoms with Crippen molar-refractivity contribution in [3.8, 4) is 0 Å². The molecule has 2 rings (SSSR count). The van der Waals surface area contributed by atoms with Gasteiger partial charge in [0.05, 0.1) is 0 Å². The summed E-state index contributed by atoms with van der Waals surface area (Å²) in [5, 5.41) is 3.26. The molecule has 0 aliphatic heterocycles. The van der Waals surface area contributed by atoms with Crippen LogP contribution in [0.1, 0.15) is 23.7 Å². The molecule has 4 nitrogen and oxygen atoms in total. The molecule has 0 atom stereocenters. The molecule has 0 saturated heterocycles. The molecule has 0 amide bonds. The van der Waals surface area contributed by atoms with Crippen LogP contribution in [-0.2, 0) is 13.0 Å². The molecule has 0 radical (unpaired) electrons. The minimum atomic E-state index is 0.305. The van der Waals surface area contributed by atoms with Crippen LogP contribution in [0.5, 0.6) is 0 Å². The van der Waals surface area contributed by atoms with Crippen LogP contribution in [0.2, 0.25) is 0 Å². The van der Waals surface area contributed by atoms with Gasteiger partial charge >= 0.3 is 0 Å². The van der Waals surface area contributed by atoms with Gasteiger partial charge in [0, 0.05) is 18.3 Å². The van der Waals surface area contributed by atoms with Crippen molar-refractivity contribution < 1.29 is 0 Å².